The minimum atomic E-state index is -4.45. The van der Waals surface area contributed by atoms with Crippen molar-refractivity contribution in [1.29, 1.82) is 0 Å². The molecule has 1 atom stereocenters. The highest BCUT2D eigenvalue weighted by Gasteiger charge is 2.30. The first-order chi connectivity index (χ1) is 11.8. The molecule has 0 radical (unpaired) electrons. The number of hydrogen-bond donors (Lipinski definition) is 1. The second-order valence-electron chi connectivity index (χ2n) is 6.03. The Bertz CT molecular complexity index is 649. The minimum Gasteiger partial charge on any atom is -0.449 e. The fourth-order valence-corrected chi connectivity index (χ4v) is 2.64. The van der Waals surface area contributed by atoms with Gasteiger partial charge in [-0.2, -0.15) is 13.2 Å². The van der Waals surface area contributed by atoms with Crippen molar-refractivity contribution in [3.8, 4) is 0 Å². The first-order valence-corrected chi connectivity index (χ1v) is 8.12. The lowest BCUT2D eigenvalue weighted by Gasteiger charge is -2.16. The number of halogens is 3. The van der Waals surface area contributed by atoms with Crippen LogP contribution in [0.15, 0.2) is 30.3 Å². The van der Waals surface area contributed by atoms with Crippen LogP contribution in [-0.2, 0) is 20.5 Å². The Labute approximate surface area is 144 Å². The van der Waals surface area contributed by atoms with Crippen LogP contribution in [0.25, 0.3) is 6.08 Å². The van der Waals surface area contributed by atoms with E-state index in [4.69, 9.17) is 4.74 Å². The number of esters is 1. The third-order valence-electron chi connectivity index (χ3n) is 3.99. The lowest BCUT2D eigenvalue weighted by Crippen LogP contribution is -2.40. The number of amides is 1. The van der Waals surface area contributed by atoms with E-state index in [1.54, 1.807) is 0 Å². The number of hydrogen-bond acceptors (Lipinski definition) is 3. The quantitative estimate of drug-likeness (QED) is 0.647. The molecule has 25 heavy (non-hydrogen) atoms. The summed E-state index contributed by atoms with van der Waals surface area (Å²) >= 11 is 0. The van der Waals surface area contributed by atoms with Crippen molar-refractivity contribution in [3.63, 3.8) is 0 Å². The van der Waals surface area contributed by atoms with Gasteiger partial charge in [0.25, 0.3) is 5.91 Å². The zero-order valence-electron chi connectivity index (χ0n) is 13.8. The number of carbonyl (C=O) groups excluding carboxylic acids is 2. The number of benzene rings is 1. The van der Waals surface area contributed by atoms with E-state index < -0.39 is 23.8 Å². The van der Waals surface area contributed by atoms with Gasteiger partial charge >= 0.3 is 12.1 Å². The van der Waals surface area contributed by atoms with Crippen LogP contribution in [-0.4, -0.2) is 24.0 Å². The van der Waals surface area contributed by atoms with Gasteiger partial charge in [-0.15, -0.1) is 0 Å². The van der Waals surface area contributed by atoms with Crippen molar-refractivity contribution in [2.24, 2.45) is 0 Å². The molecule has 0 bridgehead atoms. The van der Waals surface area contributed by atoms with Gasteiger partial charge < -0.3 is 10.1 Å². The zero-order valence-corrected chi connectivity index (χ0v) is 13.8. The highest BCUT2D eigenvalue weighted by molar-refractivity contribution is 5.90. The van der Waals surface area contributed by atoms with Gasteiger partial charge in [0, 0.05) is 12.1 Å². The minimum absolute atomic E-state index is 0.120. The molecule has 136 valence electrons. The number of nitrogens with one attached hydrogen (secondary N) is 1. The summed E-state index contributed by atoms with van der Waals surface area (Å²) in [5.74, 6) is -1.15. The Kier molecular flexibility index (Phi) is 6.22. The van der Waals surface area contributed by atoms with Crippen LogP contribution in [0.5, 0.6) is 0 Å². The maximum atomic E-state index is 12.6. The molecule has 1 amide bonds. The van der Waals surface area contributed by atoms with Crippen LogP contribution < -0.4 is 5.32 Å². The first-order valence-electron chi connectivity index (χ1n) is 8.12. The zero-order chi connectivity index (χ0) is 18.4. The van der Waals surface area contributed by atoms with Gasteiger partial charge in [0.05, 0.1) is 5.56 Å². The van der Waals surface area contributed by atoms with Crippen molar-refractivity contribution in [2.75, 3.05) is 0 Å². The van der Waals surface area contributed by atoms with Crippen LogP contribution in [0.2, 0.25) is 0 Å². The predicted molar refractivity (Wildman–Crippen MR) is 86.4 cm³/mol. The summed E-state index contributed by atoms with van der Waals surface area (Å²) in [4.78, 5) is 23.7. The van der Waals surface area contributed by atoms with Gasteiger partial charge in [0.15, 0.2) is 6.10 Å². The van der Waals surface area contributed by atoms with Crippen molar-refractivity contribution >= 4 is 18.0 Å². The Hall–Kier alpha value is -2.31. The van der Waals surface area contributed by atoms with Crippen molar-refractivity contribution < 1.29 is 27.5 Å². The van der Waals surface area contributed by atoms with E-state index in [-0.39, 0.29) is 17.5 Å². The van der Waals surface area contributed by atoms with Crippen LogP contribution in [0, 0.1) is 0 Å². The molecule has 0 spiro atoms. The molecule has 1 aliphatic carbocycles. The summed E-state index contributed by atoms with van der Waals surface area (Å²) in [7, 11) is 0. The van der Waals surface area contributed by atoms with Gasteiger partial charge in [-0.3, -0.25) is 4.79 Å². The average Bonchev–Trinajstić information content (AvgIpc) is 3.05. The van der Waals surface area contributed by atoms with Crippen molar-refractivity contribution in [1.82, 2.24) is 5.32 Å². The highest BCUT2D eigenvalue weighted by Crippen LogP contribution is 2.29. The molecule has 0 saturated heterocycles. The molecule has 0 unspecified atom stereocenters. The molecule has 7 heteroatoms. The van der Waals surface area contributed by atoms with Crippen LogP contribution in [0.4, 0.5) is 13.2 Å². The van der Waals surface area contributed by atoms with Crippen LogP contribution in [0.1, 0.15) is 43.7 Å². The van der Waals surface area contributed by atoms with E-state index in [2.05, 4.69) is 5.32 Å². The SMILES string of the molecule is C[C@@H](OC(=O)/C=C/c1cccc(C(F)(F)F)c1)C(=O)NC1CCCC1. The molecule has 1 aliphatic rings. The van der Waals surface area contributed by atoms with Crippen molar-refractivity contribution in [2.45, 2.75) is 50.9 Å². The van der Waals surface area contributed by atoms with E-state index in [9.17, 15) is 22.8 Å². The second-order valence-corrected chi connectivity index (χ2v) is 6.03. The van der Waals surface area contributed by atoms with E-state index in [0.717, 1.165) is 43.9 Å². The summed E-state index contributed by atoms with van der Waals surface area (Å²) in [6.07, 6.45) is 0.798. The number of rotatable bonds is 5. The average molecular weight is 355 g/mol. The Morgan fingerprint density at radius 2 is 1.96 bits per heavy atom. The number of alkyl halides is 3. The van der Waals surface area contributed by atoms with Crippen LogP contribution >= 0.6 is 0 Å². The number of ether oxygens (including phenoxy) is 1. The van der Waals surface area contributed by atoms with E-state index in [1.807, 2.05) is 0 Å². The van der Waals surface area contributed by atoms with Crippen molar-refractivity contribution in [3.05, 3.63) is 41.5 Å². The maximum absolute atomic E-state index is 12.6. The fourth-order valence-electron chi connectivity index (χ4n) is 2.64. The molecule has 1 N–H and O–H groups in total. The second kappa shape index (κ2) is 8.18. The third kappa shape index (κ3) is 5.92. The molecule has 0 aliphatic heterocycles. The molecule has 1 fully saturated rings. The first kappa shape index (κ1) is 19.0. The van der Waals surface area contributed by atoms with Gasteiger partial charge in [-0.1, -0.05) is 25.0 Å². The number of carbonyl (C=O) groups is 2. The molecule has 1 saturated carbocycles. The summed E-state index contributed by atoms with van der Waals surface area (Å²) < 4.78 is 42.9. The lowest BCUT2D eigenvalue weighted by molar-refractivity contribution is -0.150. The van der Waals surface area contributed by atoms with E-state index in [1.165, 1.54) is 25.1 Å². The Morgan fingerprint density at radius 1 is 1.28 bits per heavy atom. The van der Waals surface area contributed by atoms with Gasteiger partial charge in [0.2, 0.25) is 0 Å². The van der Waals surface area contributed by atoms with Gasteiger partial charge in [-0.05, 0) is 43.5 Å². The molecule has 0 aromatic heterocycles. The summed E-state index contributed by atoms with van der Waals surface area (Å²) in [5.41, 5.74) is -0.581. The molecule has 2 rings (SSSR count). The summed E-state index contributed by atoms with van der Waals surface area (Å²) in [5, 5.41) is 2.82. The van der Waals surface area contributed by atoms with E-state index in [0.29, 0.717) is 0 Å². The Morgan fingerprint density at radius 3 is 2.60 bits per heavy atom. The monoisotopic (exact) mass is 355 g/mol. The summed E-state index contributed by atoms with van der Waals surface area (Å²) in [6, 6.07) is 4.69. The fraction of sp³-hybridized carbons (Fsp3) is 0.444. The molecular formula is C18H20F3NO3. The van der Waals surface area contributed by atoms with Gasteiger partial charge in [0.1, 0.15) is 0 Å². The molecule has 1 aromatic carbocycles. The lowest BCUT2D eigenvalue weighted by atomic mass is 10.1. The standard InChI is InChI=1S/C18H20F3NO3/c1-12(17(24)22-15-7-2-3-8-15)25-16(23)10-9-13-5-4-6-14(11-13)18(19,20)21/h4-6,9-12,15H,2-3,7-8H2,1H3,(H,22,24)/b10-9+/t12-/m1/s1. The highest BCUT2D eigenvalue weighted by atomic mass is 19.4. The van der Waals surface area contributed by atoms with Crippen LogP contribution in [0.3, 0.4) is 0 Å². The third-order valence-corrected chi connectivity index (χ3v) is 3.99. The normalized spacial score (nSPS) is 16.8. The molecule has 4 nitrogen and oxygen atoms in total. The topological polar surface area (TPSA) is 55.4 Å². The molecule has 1 aromatic rings. The molecular weight excluding hydrogens is 335 g/mol. The predicted octanol–water partition coefficient (Wildman–Crippen LogP) is 3.71. The van der Waals surface area contributed by atoms with Gasteiger partial charge in [-0.25, -0.2) is 4.79 Å². The maximum Gasteiger partial charge on any atom is 0.416 e. The molecule has 0 heterocycles. The summed E-state index contributed by atoms with van der Waals surface area (Å²) in [6.45, 7) is 1.46. The smallest absolute Gasteiger partial charge is 0.416 e. The van der Waals surface area contributed by atoms with E-state index >= 15 is 0 Å². The Balaban J connectivity index is 1.88. The largest absolute Gasteiger partial charge is 0.449 e.